The van der Waals surface area contributed by atoms with E-state index in [1.165, 1.54) is 7.11 Å². The molecule has 2 amide bonds. The van der Waals surface area contributed by atoms with Crippen LogP contribution in [0.1, 0.15) is 20.7 Å². The number of ether oxygens (including phenoxy) is 1. The van der Waals surface area contributed by atoms with Gasteiger partial charge < -0.3 is 30.7 Å². The van der Waals surface area contributed by atoms with Gasteiger partial charge in [0.15, 0.2) is 17.2 Å². The van der Waals surface area contributed by atoms with Crippen LogP contribution in [0.4, 0.5) is 11.4 Å². The third-order valence-corrected chi connectivity index (χ3v) is 4.08. The molecule has 0 aromatic heterocycles. The Morgan fingerprint density at radius 2 is 1.31 bits per heavy atom. The number of nitrogens with one attached hydrogen (secondary N) is 2. The predicted molar refractivity (Wildman–Crippen MR) is 107 cm³/mol. The second kappa shape index (κ2) is 8.22. The van der Waals surface area contributed by atoms with Crippen molar-refractivity contribution in [3.8, 4) is 23.0 Å². The molecule has 8 nitrogen and oxygen atoms in total. The van der Waals surface area contributed by atoms with Gasteiger partial charge in [-0.1, -0.05) is 12.1 Å². The van der Waals surface area contributed by atoms with Gasteiger partial charge in [0.2, 0.25) is 0 Å². The van der Waals surface area contributed by atoms with Gasteiger partial charge in [-0.2, -0.15) is 0 Å². The van der Waals surface area contributed by atoms with E-state index < -0.39 is 23.2 Å². The van der Waals surface area contributed by atoms with Gasteiger partial charge in [0.05, 0.1) is 12.7 Å². The molecule has 3 aromatic carbocycles. The number of rotatable bonds is 5. The first-order valence-corrected chi connectivity index (χ1v) is 8.49. The molecule has 0 unspecified atom stereocenters. The molecule has 3 aromatic rings. The Balaban J connectivity index is 1.69. The van der Waals surface area contributed by atoms with Crippen LogP contribution in [0.3, 0.4) is 0 Å². The van der Waals surface area contributed by atoms with E-state index in [9.17, 15) is 24.9 Å². The average Bonchev–Trinajstić information content (AvgIpc) is 2.72. The Morgan fingerprint density at radius 3 is 1.86 bits per heavy atom. The van der Waals surface area contributed by atoms with Gasteiger partial charge >= 0.3 is 0 Å². The summed E-state index contributed by atoms with van der Waals surface area (Å²) in [6.07, 6.45) is 0. The van der Waals surface area contributed by atoms with Crippen LogP contribution in [0, 0.1) is 0 Å². The molecule has 148 valence electrons. The zero-order valence-corrected chi connectivity index (χ0v) is 15.3. The summed E-state index contributed by atoms with van der Waals surface area (Å²) in [4.78, 5) is 24.7. The number of hydrogen-bond donors (Lipinski definition) is 5. The smallest absolute Gasteiger partial charge is 0.259 e. The maximum Gasteiger partial charge on any atom is 0.259 e. The minimum atomic E-state index is -0.698. The number of methoxy groups -OCH3 is 1. The monoisotopic (exact) mass is 394 g/mol. The van der Waals surface area contributed by atoms with Crippen LogP contribution < -0.4 is 15.4 Å². The van der Waals surface area contributed by atoms with E-state index >= 15 is 0 Å². The number of hydrogen-bond acceptors (Lipinski definition) is 6. The fourth-order valence-electron chi connectivity index (χ4n) is 2.61. The van der Waals surface area contributed by atoms with Crippen LogP contribution >= 0.6 is 0 Å². The SMILES string of the molecule is COc1ccccc1C(=O)Nc1ccc(NC(=O)c2cc(O)c(O)c(O)c2)cc1. The summed E-state index contributed by atoms with van der Waals surface area (Å²) in [5.41, 5.74) is 1.29. The normalized spacial score (nSPS) is 10.2. The van der Waals surface area contributed by atoms with Crippen LogP contribution in [0.25, 0.3) is 0 Å². The van der Waals surface area contributed by atoms with Gasteiger partial charge in [-0.15, -0.1) is 0 Å². The molecule has 0 aliphatic rings. The number of para-hydroxylation sites is 1. The van der Waals surface area contributed by atoms with Crippen molar-refractivity contribution in [2.75, 3.05) is 17.7 Å². The van der Waals surface area contributed by atoms with Crippen LogP contribution in [-0.2, 0) is 0 Å². The van der Waals surface area contributed by atoms with E-state index in [1.807, 2.05) is 0 Å². The van der Waals surface area contributed by atoms with Crippen molar-refractivity contribution in [3.05, 3.63) is 71.8 Å². The van der Waals surface area contributed by atoms with E-state index in [1.54, 1.807) is 48.5 Å². The molecule has 8 heteroatoms. The van der Waals surface area contributed by atoms with Crippen molar-refractivity contribution in [1.82, 2.24) is 0 Å². The van der Waals surface area contributed by atoms with E-state index in [0.29, 0.717) is 22.7 Å². The molecule has 0 aliphatic heterocycles. The van der Waals surface area contributed by atoms with Crippen LogP contribution in [0.2, 0.25) is 0 Å². The van der Waals surface area contributed by atoms with Crippen LogP contribution in [0.15, 0.2) is 60.7 Å². The molecule has 0 aliphatic carbocycles. The first-order chi connectivity index (χ1) is 13.9. The van der Waals surface area contributed by atoms with Gasteiger partial charge in [0.1, 0.15) is 5.75 Å². The second-order valence-corrected chi connectivity index (χ2v) is 6.05. The molecule has 0 fully saturated rings. The van der Waals surface area contributed by atoms with Crippen LogP contribution in [0.5, 0.6) is 23.0 Å². The minimum Gasteiger partial charge on any atom is -0.504 e. The fraction of sp³-hybridized carbons (Fsp3) is 0.0476. The lowest BCUT2D eigenvalue weighted by molar-refractivity contribution is 0.101. The molecule has 5 N–H and O–H groups in total. The van der Waals surface area contributed by atoms with Crippen LogP contribution in [-0.4, -0.2) is 34.2 Å². The summed E-state index contributed by atoms with van der Waals surface area (Å²) >= 11 is 0. The second-order valence-electron chi connectivity index (χ2n) is 6.05. The quantitative estimate of drug-likeness (QED) is 0.422. The molecule has 0 spiro atoms. The summed E-state index contributed by atoms with van der Waals surface area (Å²) < 4.78 is 5.17. The number of phenols is 3. The number of phenolic OH excluding ortho intramolecular Hbond substituents is 3. The van der Waals surface area contributed by atoms with Crippen molar-refractivity contribution < 1.29 is 29.6 Å². The maximum absolute atomic E-state index is 12.4. The molecule has 0 radical (unpaired) electrons. The highest BCUT2D eigenvalue weighted by Crippen LogP contribution is 2.35. The Morgan fingerprint density at radius 1 is 0.793 bits per heavy atom. The number of carbonyl (C=O) groups is 2. The Hall–Kier alpha value is -4.20. The Bertz CT molecular complexity index is 1040. The number of anilines is 2. The third kappa shape index (κ3) is 4.38. The predicted octanol–water partition coefficient (Wildman–Crippen LogP) is 3.32. The number of benzene rings is 3. The molecule has 0 saturated heterocycles. The van der Waals surface area contributed by atoms with E-state index in [4.69, 9.17) is 4.74 Å². The Kier molecular flexibility index (Phi) is 5.54. The van der Waals surface area contributed by atoms with Crippen molar-refractivity contribution in [2.24, 2.45) is 0 Å². The molecule has 0 atom stereocenters. The van der Waals surface area contributed by atoms with E-state index in [-0.39, 0.29) is 11.5 Å². The minimum absolute atomic E-state index is 0.0358. The van der Waals surface area contributed by atoms with Crippen molar-refractivity contribution in [3.63, 3.8) is 0 Å². The zero-order chi connectivity index (χ0) is 21.0. The maximum atomic E-state index is 12.4. The highest BCUT2D eigenvalue weighted by molar-refractivity contribution is 6.07. The number of amides is 2. The average molecular weight is 394 g/mol. The van der Waals surface area contributed by atoms with Gasteiger partial charge in [-0.3, -0.25) is 9.59 Å². The Labute approximate surface area is 166 Å². The lowest BCUT2D eigenvalue weighted by Crippen LogP contribution is -2.14. The summed E-state index contributed by atoms with van der Waals surface area (Å²) in [6.45, 7) is 0. The summed E-state index contributed by atoms with van der Waals surface area (Å²) in [6, 6.07) is 15.3. The molecule has 0 saturated carbocycles. The summed E-state index contributed by atoms with van der Waals surface area (Å²) in [7, 11) is 1.48. The number of aromatic hydroxyl groups is 3. The molecule has 3 rings (SSSR count). The highest BCUT2D eigenvalue weighted by Gasteiger charge is 2.14. The summed E-state index contributed by atoms with van der Waals surface area (Å²) in [5.74, 6) is -2.39. The highest BCUT2D eigenvalue weighted by atomic mass is 16.5. The molecular weight excluding hydrogens is 376 g/mol. The molecule has 0 heterocycles. The topological polar surface area (TPSA) is 128 Å². The van der Waals surface area contributed by atoms with Gasteiger partial charge in [0.25, 0.3) is 11.8 Å². The van der Waals surface area contributed by atoms with E-state index in [2.05, 4.69) is 10.6 Å². The summed E-state index contributed by atoms with van der Waals surface area (Å²) in [5, 5.41) is 33.7. The standard InChI is InChI=1S/C21H18N2O6/c1-29-18-5-3-2-4-15(18)21(28)23-14-8-6-13(7-9-14)22-20(27)12-10-16(24)19(26)17(25)11-12/h2-11,24-26H,1H3,(H,22,27)(H,23,28). The third-order valence-electron chi connectivity index (χ3n) is 4.08. The lowest BCUT2D eigenvalue weighted by Gasteiger charge is -2.10. The lowest BCUT2D eigenvalue weighted by atomic mass is 10.1. The van der Waals surface area contributed by atoms with Gasteiger partial charge in [0, 0.05) is 16.9 Å². The largest absolute Gasteiger partial charge is 0.504 e. The first kappa shape index (κ1) is 19.6. The molecule has 29 heavy (non-hydrogen) atoms. The van der Waals surface area contributed by atoms with Gasteiger partial charge in [-0.25, -0.2) is 0 Å². The number of carbonyl (C=O) groups excluding carboxylic acids is 2. The molecular formula is C21H18N2O6. The fourth-order valence-corrected chi connectivity index (χ4v) is 2.61. The van der Waals surface area contributed by atoms with Crippen molar-refractivity contribution >= 4 is 23.2 Å². The zero-order valence-electron chi connectivity index (χ0n) is 15.3. The first-order valence-electron chi connectivity index (χ1n) is 8.49. The van der Waals surface area contributed by atoms with Crippen molar-refractivity contribution in [2.45, 2.75) is 0 Å². The van der Waals surface area contributed by atoms with Gasteiger partial charge in [-0.05, 0) is 48.5 Å². The molecule has 0 bridgehead atoms. The van der Waals surface area contributed by atoms with Crippen molar-refractivity contribution in [1.29, 1.82) is 0 Å². The van der Waals surface area contributed by atoms with E-state index in [0.717, 1.165) is 12.1 Å².